The molecule has 54 valence electrons. The molecule has 10 heavy (non-hydrogen) atoms. The highest BCUT2D eigenvalue weighted by atomic mass is 79.9. The summed E-state index contributed by atoms with van der Waals surface area (Å²) in [7, 11) is 0. The Bertz CT molecular complexity index is 206. The Balaban J connectivity index is 0.000000810. The van der Waals surface area contributed by atoms with Crippen molar-refractivity contribution in [3.63, 3.8) is 0 Å². The van der Waals surface area contributed by atoms with Gasteiger partial charge < -0.3 is 0 Å². The smallest absolute Gasteiger partial charge is 0.0652 e. The fourth-order valence-corrected chi connectivity index (χ4v) is 0.615. The van der Waals surface area contributed by atoms with Gasteiger partial charge in [-0.25, -0.2) is 0 Å². The molecule has 1 aromatic rings. The van der Waals surface area contributed by atoms with Crippen LogP contribution in [0.25, 0.3) is 5.57 Å². The highest BCUT2D eigenvalue weighted by Crippen LogP contribution is 2.04. The van der Waals surface area contributed by atoms with Crippen LogP contribution in [0.15, 0.2) is 31.0 Å². The number of hydrogen-bond acceptors (Lipinski definition) is 1. The molecule has 0 aliphatic carbocycles. The Morgan fingerprint density at radius 1 is 1.50 bits per heavy atom. The van der Waals surface area contributed by atoms with Crippen LogP contribution in [0.5, 0.6) is 0 Å². The van der Waals surface area contributed by atoms with Gasteiger partial charge in [0.2, 0.25) is 0 Å². The van der Waals surface area contributed by atoms with Crippen molar-refractivity contribution in [2.45, 2.75) is 6.92 Å². The van der Waals surface area contributed by atoms with E-state index in [-0.39, 0.29) is 17.0 Å². The molecule has 0 saturated heterocycles. The van der Waals surface area contributed by atoms with E-state index in [9.17, 15) is 0 Å². The lowest BCUT2D eigenvalue weighted by Crippen LogP contribution is -1.80. The summed E-state index contributed by atoms with van der Waals surface area (Å²) in [6.07, 6.45) is 1.77. The highest BCUT2D eigenvalue weighted by Gasteiger charge is 1.88. The Hall–Kier alpha value is -0.630. The highest BCUT2D eigenvalue weighted by molar-refractivity contribution is 8.93. The van der Waals surface area contributed by atoms with Crippen LogP contribution in [0, 0.1) is 0 Å². The van der Waals surface area contributed by atoms with Gasteiger partial charge >= 0.3 is 0 Å². The topological polar surface area (TPSA) is 12.9 Å². The van der Waals surface area contributed by atoms with Crippen molar-refractivity contribution in [3.05, 3.63) is 36.7 Å². The minimum absolute atomic E-state index is 0. The number of aromatic nitrogens is 1. The van der Waals surface area contributed by atoms with Gasteiger partial charge in [0.25, 0.3) is 0 Å². The maximum atomic E-state index is 4.08. The van der Waals surface area contributed by atoms with Crippen molar-refractivity contribution < 1.29 is 0 Å². The molecular formula is C8H10BrN. The maximum Gasteiger partial charge on any atom is 0.0652 e. The SMILES string of the molecule is Br.C=C(C)c1ccccn1. The molecule has 0 N–H and O–H groups in total. The van der Waals surface area contributed by atoms with Crippen LogP contribution in [0.4, 0.5) is 0 Å². The van der Waals surface area contributed by atoms with Crippen LogP contribution in [-0.4, -0.2) is 4.98 Å². The van der Waals surface area contributed by atoms with Crippen molar-refractivity contribution in [3.8, 4) is 0 Å². The predicted molar refractivity (Wildman–Crippen MR) is 49.3 cm³/mol. The normalized spacial score (nSPS) is 8.10. The molecule has 0 fully saturated rings. The molecule has 0 amide bonds. The Morgan fingerprint density at radius 3 is 2.50 bits per heavy atom. The molecule has 1 heterocycles. The zero-order valence-electron chi connectivity index (χ0n) is 5.87. The second-order valence-electron chi connectivity index (χ2n) is 2.00. The number of rotatable bonds is 1. The van der Waals surface area contributed by atoms with E-state index >= 15 is 0 Å². The van der Waals surface area contributed by atoms with E-state index < -0.39 is 0 Å². The first-order valence-electron chi connectivity index (χ1n) is 2.87. The number of allylic oxidation sites excluding steroid dienone is 1. The Kier molecular flexibility index (Phi) is 3.96. The number of pyridine rings is 1. The molecule has 0 spiro atoms. The molecule has 0 unspecified atom stereocenters. The van der Waals surface area contributed by atoms with Crippen molar-refractivity contribution in [1.29, 1.82) is 0 Å². The van der Waals surface area contributed by atoms with Gasteiger partial charge in [0.1, 0.15) is 0 Å². The first-order chi connectivity index (χ1) is 4.30. The lowest BCUT2D eigenvalue weighted by molar-refractivity contribution is 1.27. The monoisotopic (exact) mass is 199 g/mol. The second-order valence-corrected chi connectivity index (χ2v) is 2.00. The number of halogens is 1. The Morgan fingerprint density at radius 2 is 2.20 bits per heavy atom. The van der Waals surface area contributed by atoms with E-state index in [1.165, 1.54) is 0 Å². The van der Waals surface area contributed by atoms with E-state index in [1.54, 1.807) is 6.20 Å². The summed E-state index contributed by atoms with van der Waals surface area (Å²) < 4.78 is 0. The van der Waals surface area contributed by atoms with E-state index in [0.717, 1.165) is 11.3 Å². The summed E-state index contributed by atoms with van der Waals surface area (Å²) in [5.74, 6) is 0. The largest absolute Gasteiger partial charge is 0.257 e. The third-order valence-electron chi connectivity index (χ3n) is 1.10. The third kappa shape index (κ3) is 2.31. The fourth-order valence-electron chi connectivity index (χ4n) is 0.615. The molecule has 1 rings (SSSR count). The number of hydrogen-bond donors (Lipinski definition) is 0. The molecule has 2 heteroatoms. The van der Waals surface area contributed by atoms with E-state index in [4.69, 9.17) is 0 Å². The molecule has 0 saturated carbocycles. The van der Waals surface area contributed by atoms with Gasteiger partial charge in [0.15, 0.2) is 0 Å². The summed E-state index contributed by atoms with van der Waals surface area (Å²) in [6.45, 7) is 5.71. The molecule has 0 aliphatic rings. The van der Waals surface area contributed by atoms with Crippen LogP contribution < -0.4 is 0 Å². The number of nitrogens with zero attached hydrogens (tertiary/aromatic N) is 1. The van der Waals surface area contributed by atoms with Crippen LogP contribution in [0.1, 0.15) is 12.6 Å². The van der Waals surface area contributed by atoms with Gasteiger partial charge in [-0.15, -0.1) is 17.0 Å². The summed E-state index contributed by atoms with van der Waals surface area (Å²) >= 11 is 0. The zero-order valence-corrected chi connectivity index (χ0v) is 7.59. The first-order valence-corrected chi connectivity index (χ1v) is 2.87. The molecule has 0 aromatic carbocycles. The summed E-state index contributed by atoms with van der Waals surface area (Å²) in [5, 5.41) is 0. The predicted octanol–water partition coefficient (Wildman–Crippen LogP) is 2.69. The van der Waals surface area contributed by atoms with E-state index in [1.807, 2.05) is 25.1 Å². The van der Waals surface area contributed by atoms with Gasteiger partial charge in [-0.1, -0.05) is 12.6 Å². The molecule has 0 aliphatic heterocycles. The van der Waals surface area contributed by atoms with Gasteiger partial charge in [0, 0.05) is 6.20 Å². The molecule has 1 aromatic heterocycles. The van der Waals surface area contributed by atoms with Gasteiger partial charge in [-0.3, -0.25) is 4.98 Å². The first kappa shape index (κ1) is 9.37. The van der Waals surface area contributed by atoms with Crippen molar-refractivity contribution in [1.82, 2.24) is 4.98 Å². The van der Waals surface area contributed by atoms with Gasteiger partial charge in [0.05, 0.1) is 5.69 Å². The van der Waals surface area contributed by atoms with E-state index in [2.05, 4.69) is 11.6 Å². The Labute approximate surface area is 71.6 Å². The summed E-state index contributed by atoms with van der Waals surface area (Å²) in [5.41, 5.74) is 1.98. The average Bonchev–Trinajstić information content (AvgIpc) is 1.90. The quantitative estimate of drug-likeness (QED) is 0.679. The minimum Gasteiger partial charge on any atom is -0.257 e. The zero-order chi connectivity index (χ0) is 6.69. The van der Waals surface area contributed by atoms with E-state index in [0.29, 0.717) is 0 Å². The van der Waals surface area contributed by atoms with Crippen LogP contribution in [0.3, 0.4) is 0 Å². The molecular weight excluding hydrogens is 190 g/mol. The molecule has 1 nitrogen and oxygen atoms in total. The average molecular weight is 200 g/mol. The molecule has 0 bridgehead atoms. The molecule has 0 radical (unpaired) electrons. The van der Waals surface area contributed by atoms with Crippen molar-refractivity contribution >= 4 is 22.6 Å². The minimum atomic E-state index is 0. The van der Waals surface area contributed by atoms with Crippen molar-refractivity contribution in [2.75, 3.05) is 0 Å². The maximum absolute atomic E-state index is 4.08. The van der Waals surface area contributed by atoms with Gasteiger partial charge in [-0.2, -0.15) is 0 Å². The summed E-state index contributed by atoms with van der Waals surface area (Å²) in [4.78, 5) is 4.08. The third-order valence-corrected chi connectivity index (χ3v) is 1.10. The van der Waals surface area contributed by atoms with Gasteiger partial charge in [-0.05, 0) is 24.6 Å². The summed E-state index contributed by atoms with van der Waals surface area (Å²) in [6, 6.07) is 5.80. The molecule has 0 atom stereocenters. The van der Waals surface area contributed by atoms with Crippen molar-refractivity contribution in [2.24, 2.45) is 0 Å². The standard InChI is InChI=1S/C8H9N.BrH/c1-7(2)8-5-3-4-6-9-8;/h3-6H,1H2,2H3;1H. The van der Waals surface area contributed by atoms with Crippen LogP contribution in [-0.2, 0) is 0 Å². The van der Waals surface area contributed by atoms with Crippen LogP contribution in [0.2, 0.25) is 0 Å². The second kappa shape index (κ2) is 4.23. The van der Waals surface area contributed by atoms with Crippen LogP contribution >= 0.6 is 17.0 Å². The lowest BCUT2D eigenvalue weighted by atomic mass is 10.2. The fraction of sp³-hybridized carbons (Fsp3) is 0.125. The lowest BCUT2D eigenvalue weighted by Gasteiger charge is -1.93.